The van der Waals surface area contributed by atoms with E-state index in [4.69, 9.17) is 16.0 Å². The second kappa shape index (κ2) is 7.83. The van der Waals surface area contributed by atoms with Gasteiger partial charge >= 0.3 is 5.51 Å². The Kier molecular flexibility index (Phi) is 5.47. The molecule has 0 atom stereocenters. The van der Waals surface area contributed by atoms with E-state index in [-0.39, 0.29) is 17.4 Å². The number of carbonyl (C=O) groups excluding carboxylic acids is 1. The highest BCUT2D eigenvalue weighted by molar-refractivity contribution is 7.92. The molecule has 2 aromatic carbocycles. The van der Waals surface area contributed by atoms with E-state index < -0.39 is 20.2 Å². The summed E-state index contributed by atoms with van der Waals surface area (Å²) in [5.41, 5.74) is -3.98. The number of amides is 1. The molecule has 1 amide bonds. The van der Waals surface area contributed by atoms with Crippen molar-refractivity contribution in [3.8, 4) is 0 Å². The van der Waals surface area contributed by atoms with E-state index in [0.717, 1.165) is 24.3 Å². The van der Waals surface area contributed by atoms with Crippen molar-refractivity contribution in [1.29, 1.82) is 0 Å². The van der Waals surface area contributed by atoms with Gasteiger partial charge in [0.15, 0.2) is 11.5 Å². The van der Waals surface area contributed by atoms with Crippen LogP contribution in [0.1, 0.15) is 35.0 Å². The van der Waals surface area contributed by atoms with E-state index >= 15 is 0 Å². The molecule has 164 valence electrons. The fourth-order valence-corrected chi connectivity index (χ4v) is 4.44. The monoisotopic (exact) mass is 472 g/mol. The van der Waals surface area contributed by atoms with Gasteiger partial charge in [-0.15, -0.1) is 0 Å². The molecule has 11 heteroatoms. The summed E-state index contributed by atoms with van der Waals surface area (Å²) >= 11 is 5.97. The molecule has 1 fully saturated rings. The zero-order valence-electron chi connectivity index (χ0n) is 15.9. The summed E-state index contributed by atoms with van der Waals surface area (Å²) in [5, 5.41) is 0.557. The van der Waals surface area contributed by atoms with Crippen molar-refractivity contribution in [2.45, 2.75) is 29.2 Å². The Hall–Kier alpha value is -2.59. The lowest BCUT2D eigenvalue weighted by molar-refractivity contribution is -0.0436. The smallest absolute Gasteiger partial charge is 0.440 e. The van der Waals surface area contributed by atoms with Crippen LogP contribution < -0.4 is 0 Å². The van der Waals surface area contributed by atoms with Crippen LogP contribution >= 0.6 is 11.6 Å². The van der Waals surface area contributed by atoms with Crippen molar-refractivity contribution in [2.24, 2.45) is 0 Å². The van der Waals surface area contributed by atoms with Crippen molar-refractivity contribution in [3.05, 3.63) is 58.9 Å². The number of alkyl halides is 3. The van der Waals surface area contributed by atoms with Crippen LogP contribution in [0.5, 0.6) is 0 Å². The molecule has 1 saturated heterocycles. The number of benzene rings is 2. The van der Waals surface area contributed by atoms with Gasteiger partial charge in [-0.25, -0.2) is 13.4 Å². The van der Waals surface area contributed by atoms with Crippen molar-refractivity contribution < 1.29 is 30.8 Å². The minimum absolute atomic E-state index is 0.0227. The quantitative estimate of drug-likeness (QED) is 0.547. The third-order valence-corrected chi connectivity index (χ3v) is 6.95. The van der Waals surface area contributed by atoms with Gasteiger partial charge in [0.1, 0.15) is 5.52 Å². The molecule has 0 saturated carbocycles. The number of oxazole rings is 1. The normalized spacial score (nSPS) is 16.1. The predicted octanol–water partition coefficient (Wildman–Crippen LogP) is 4.79. The van der Waals surface area contributed by atoms with Gasteiger partial charge in [0.2, 0.25) is 0 Å². The molecule has 0 aliphatic carbocycles. The first-order chi connectivity index (χ1) is 14.6. The van der Waals surface area contributed by atoms with Crippen LogP contribution in [0.4, 0.5) is 13.2 Å². The first-order valence-electron chi connectivity index (χ1n) is 9.33. The lowest BCUT2D eigenvalue weighted by Crippen LogP contribution is -2.38. The summed E-state index contributed by atoms with van der Waals surface area (Å²) in [6, 6.07) is 8.96. The number of nitrogens with zero attached hydrogens (tertiary/aromatic N) is 2. The fourth-order valence-electron chi connectivity index (χ4n) is 3.52. The average Bonchev–Trinajstić information content (AvgIpc) is 3.16. The Labute approximate surface area is 180 Å². The van der Waals surface area contributed by atoms with E-state index in [0.29, 0.717) is 47.9 Å². The maximum absolute atomic E-state index is 12.7. The summed E-state index contributed by atoms with van der Waals surface area (Å²) < 4.78 is 66.6. The summed E-state index contributed by atoms with van der Waals surface area (Å²) in [4.78, 5) is 17.8. The number of rotatable bonds is 3. The largest absolute Gasteiger partial charge is 0.501 e. The highest BCUT2D eigenvalue weighted by Crippen LogP contribution is 2.32. The van der Waals surface area contributed by atoms with E-state index in [1.165, 1.54) is 0 Å². The first kappa shape index (κ1) is 21.6. The maximum atomic E-state index is 12.7. The van der Waals surface area contributed by atoms with Crippen LogP contribution in [0.3, 0.4) is 0 Å². The second-order valence-corrected chi connectivity index (χ2v) is 9.58. The van der Waals surface area contributed by atoms with E-state index in [2.05, 4.69) is 4.98 Å². The number of likely N-dealkylation sites (tertiary alicyclic amines) is 1. The third kappa shape index (κ3) is 4.14. The van der Waals surface area contributed by atoms with Gasteiger partial charge in [0.25, 0.3) is 15.7 Å². The van der Waals surface area contributed by atoms with Crippen molar-refractivity contribution in [2.75, 3.05) is 13.1 Å². The van der Waals surface area contributed by atoms with E-state index in [9.17, 15) is 26.4 Å². The zero-order chi connectivity index (χ0) is 22.4. The molecular weight excluding hydrogens is 457 g/mol. The molecule has 1 aromatic heterocycles. The van der Waals surface area contributed by atoms with Crippen molar-refractivity contribution in [1.82, 2.24) is 9.88 Å². The van der Waals surface area contributed by atoms with Crippen LogP contribution in [0.2, 0.25) is 5.02 Å². The minimum atomic E-state index is -5.45. The molecule has 0 spiro atoms. The van der Waals surface area contributed by atoms with E-state index in [1.807, 2.05) is 0 Å². The van der Waals surface area contributed by atoms with Crippen LogP contribution in [0.25, 0.3) is 11.1 Å². The molecule has 1 aliphatic rings. The standard InChI is InChI=1S/C20H16ClF3N2O4S/c21-14-3-6-17-16(11-14)25-18(30-17)12-7-9-26(10-8-12)19(27)13-1-4-15(5-2-13)31(28,29)20(22,23)24/h1-6,11-12H,7-10H2. The van der Waals surface area contributed by atoms with Crippen molar-refractivity contribution >= 4 is 38.4 Å². The Bertz CT molecular complexity index is 1230. The topological polar surface area (TPSA) is 80.5 Å². The molecule has 0 unspecified atom stereocenters. The minimum Gasteiger partial charge on any atom is -0.440 e. The molecular formula is C20H16ClF3N2O4S. The number of hydrogen-bond acceptors (Lipinski definition) is 5. The second-order valence-electron chi connectivity index (χ2n) is 7.20. The van der Waals surface area contributed by atoms with Gasteiger partial charge in [-0.2, -0.15) is 13.2 Å². The van der Waals surface area contributed by atoms with Gasteiger partial charge in [-0.3, -0.25) is 4.79 Å². The molecule has 0 bridgehead atoms. The Balaban J connectivity index is 1.43. The number of aromatic nitrogens is 1. The number of sulfone groups is 1. The molecule has 31 heavy (non-hydrogen) atoms. The highest BCUT2D eigenvalue weighted by atomic mass is 35.5. The van der Waals surface area contributed by atoms with Crippen LogP contribution in [0, 0.1) is 0 Å². The molecule has 6 nitrogen and oxygen atoms in total. The summed E-state index contributed by atoms with van der Waals surface area (Å²) in [6.07, 6.45) is 1.21. The fraction of sp³-hybridized carbons (Fsp3) is 0.300. The summed E-state index contributed by atoms with van der Waals surface area (Å²) in [5.74, 6) is 0.222. The first-order valence-corrected chi connectivity index (χ1v) is 11.2. The van der Waals surface area contributed by atoms with E-state index in [1.54, 1.807) is 23.1 Å². The Morgan fingerprint density at radius 2 is 1.74 bits per heavy atom. The summed E-state index contributed by atoms with van der Waals surface area (Å²) in [6.45, 7) is 0.817. The maximum Gasteiger partial charge on any atom is 0.501 e. The molecule has 1 aliphatic heterocycles. The Morgan fingerprint density at radius 3 is 2.35 bits per heavy atom. The van der Waals surface area contributed by atoms with Gasteiger partial charge in [-0.1, -0.05) is 11.6 Å². The molecule has 0 N–H and O–H groups in total. The SMILES string of the molecule is O=C(c1ccc(S(=O)(=O)C(F)(F)F)cc1)N1CCC(c2nc3cc(Cl)ccc3o2)CC1. The number of fused-ring (bicyclic) bond motifs is 1. The lowest BCUT2D eigenvalue weighted by Gasteiger charge is -2.30. The van der Waals surface area contributed by atoms with Crippen LogP contribution in [-0.2, 0) is 9.84 Å². The summed E-state index contributed by atoms with van der Waals surface area (Å²) in [7, 11) is -5.45. The Morgan fingerprint density at radius 1 is 1.10 bits per heavy atom. The predicted molar refractivity (Wildman–Crippen MR) is 107 cm³/mol. The highest BCUT2D eigenvalue weighted by Gasteiger charge is 2.46. The molecule has 3 aromatic rings. The zero-order valence-corrected chi connectivity index (χ0v) is 17.5. The van der Waals surface area contributed by atoms with Gasteiger partial charge < -0.3 is 9.32 Å². The van der Waals surface area contributed by atoms with Crippen molar-refractivity contribution in [3.63, 3.8) is 0 Å². The molecule has 0 radical (unpaired) electrons. The molecule has 2 heterocycles. The number of halogens is 4. The average molecular weight is 473 g/mol. The number of piperidine rings is 1. The van der Waals surface area contributed by atoms with Crippen LogP contribution in [0.15, 0.2) is 51.8 Å². The lowest BCUT2D eigenvalue weighted by atomic mass is 9.96. The van der Waals surface area contributed by atoms with Gasteiger partial charge in [0, 0.05) is 29.6 Å². The van der Waals surface area contributed by atoms with Crippen LogP contribution in [-0.4, -0.2) is 42.8 Å². The third-order valence-electron chi connectivity index (χ3n) is 5.21. The van der Waals surface area contributed by atoms with Gasteiger partial charge in [0.05, 0.1) is 4.90 Å². The molecule has 4 rings (SSSR count). The number of hydrogen-bond donors (Lipinski definition) is 0. The number of carbonyl (C=O) groups is 1. The van der Waals surface area contributed by atoms with Gasteiger partial charge in [-0.05, 0) is 55.3 Å².